The molecule has 0 unspecified atom stereocenters. The fourth-order valence-electron chi connectivity index (χ4n) is 1.56. The maximum absolute atomic E-state index is 4.35. The van der Waals surface area contributed by atoms with E-state index >= 15 is 0 Å². The second-order valence-electron chi connectivity index (χ2n) is 3.06. The molecule has 60 valence electrons. The van der Waals surface area contributed by atoms with Gasteiger partial charge in [0.25, 0.3) is 0 Å². The summed E-state index contributed by atoms with van der Waals surface area (Å²) in [5.41, 5.74) is 1.19. The van der Waals surface area contributed by atoms with Gasteiger partial charge in [0.05, 0.1) is 11.7 Å². The summed E-state index contributed by atoms with van der Waals surface area (Å²) in [6.45, 7) is 1.14. The van der Waals surface area contributed by atoms with Crippen LogP contribution in [0.25, 0.3) is 0 Å². The van der Waals surface area contributed by atoms with Crippen molar-refractivity contribution in [2.24, 2.45) is 7.05 Å². The Morgan fingerprint density at radius 1 is 1.73 bits per heavy atom. The van der Waals surface area contributed by atoms with E-state index in [1.54, 1.807) is 0 Å². The molecule has 11 heavy (non-hydrogen) atoms. The fourth-order valence-corrected chi connectivity index (χ4v) is 1.56. The van der Waals surface area contributed by atoms with Gasteiger partial charge in [-0.25, -0.2) is 0 Å². The van der Waals surface area contributed by atoms with Crippen LogP contribution >= 0.6 is 0 Å². The molecule has 1 aliphatic rings. The van der Waals surface area contributed by atoms with Gasteiger partial charge in [-0.15, -0.1) is 0 Å². The van der Waals surface area contributed by atoms with Gasteiger partial charge in [0, 0.05) is 13.2 Å². The standard InChI is InChI=1S/C8H13N3/c1-11-6-4-8(10-11)7-3-2-5-9-7/h4,6-7,9H,2-3,5H2,1H3/t7-/m1/s1. The highest BCUT2D eigenvalue weighted by Crippen LogP contribution is 2.20. The summed E-state index contributed by atoms with van der Waals surface area (Å²) in [7, 11) is 1.96. The van der Waals surface area contributed by atoms with Gasteiger partial charge in [-0.05, 0) is 25.5 Å². The molecule has 0 bridgehead atoms. The second-order valence-corrected chi connectivity index (χ2v) is 3.06. The highest BCUT2D eigenvalue weighted by atomic mass is 15.3. The van der Waals surface area contributed by atoms with Crippen LogP contribution < -0.4 is 5.32 Å². The van der Waals surface area contributed by atoms with E-state index in [-0.39, 0.29) is 0 Å². The van der Waals surface area contributed by atoms with Crippen molar-refractivity contribution >= 4 is 0 Å². The lowest BCUT2D eigenvalue weighted by molar-refractivity contribution is 0.607. The first-order chi connectivity index (χ1) is 5.36. The SMILES string of the molecule is Cn1ccc([C@H]2CCCN2)n1. The summed E-state index contributed by atoms with van der Waals surface area (Å²) in [6, 6.07) is 2.60. The van der Waals surface area contributed by atoms with Gasteiger partial charge in [0.15, 0.2) is 0 Å². The zero-order valence-corrected chi connectivity index (χ0v) is 6.75. The molecule has 3 heteroatoms. The van der Waals surface area contributed by atoms with Crippen LogP contribution in [-0.4, -0.2) is 16.3 Å². The van der Waals surface area contributed by atoms with Gasteiger partial charge in [-0.3, -0.25) is 4.68 Å². The molecule has 2 rings (SSSR count). The van der Waals surface area contributed by atoms with Crippen molar-refractivity contribution in [3.8, 4) is 0 Å². The van der Waals surface area contributed by atoms with Gasteiger partial charge in [-0.2, -0.15) is 5.10 Å². The van der Waals surface area contributed by atoms with Crippen LogP contribution in [0.3, 0.4) is 0 Å². The third kappa shape index (κ3) is 1.28. The minimum atomic E-state index is 0.510. The summed E-state index contributed by atoms with van der Waals surface area (Å²) >= 11 is 0. The Bertz CT molecular complexity index is 235. The average Bonchev–Trinajstić information content (AvgIpc) is 2.55. The van der Waals surface area contributed by atoms with E-state index in [1.807, 2.05) is 17.9 Å². The molecule has 1 fully saturated rings. The molecule has 0 aliphatic carbocycles. The average molecular weight is 151 g/mol. The van der Waals surface area contributed by atoms with Crippen molar-refractivity contribution in [2.45, 2.75) is 18.9 Å². The Morgan fingerprint density at radius 3 is 3.18 bits per heavy atom. The number of hydrogen-bond donors (Lipinski definition) is 1. The Kier molecular flexibility index (Phi) is 1.66. The Balaban J connectivity index is 2.15. The van der Waals surface area contributed by atoms with E-state index in [4.69, 9.17) is 0 Å². The molecule has 0 amide bonds. The lowest BCUT2D eigenvalue weighted by atomic mass is 10.2. The number of nitrogens with one attached hydrogen (secondary N) is 1. The molecule has 1 aromatic rings. The van der Waals surface area contributed by atoms with Crippen molar-refractivity contribution in [3.05, 3.63) is 18.0 Å². The third-order valence-corrected chi connectivity index (χ3v) is 2.15. The van der Waals surface area contributed by atoms with Crippen molar-refractivity contribution in [1.29, 1.82) is 0 Å². The largest absolute Gasteiger partial charge is 0.309 e. The number of hydrogen-bond acceptors (Lipinski definition) is 2. The second kappa shape index (κ2) is 2.66. The molecule has 2 heterocycles. The van der Waals surface area contributed by atoms with Crippen LogP contribution in [0.2, 0.25) is 0 Å². The minimum Gasteiger partial charge on any atom is -0.309 e. The topological polar surface area (TPSA) is 29.9 Å². The van der Waals surface area contributed by atoms with E-state index in [1.165, 1.54) is 18.5 Å². The molecule has 0 spiro atoms. The van der Waals surface area contributed by atoms with E-state index in [0.717, 1.165) is 6.54 Å². The summed E-state index contributed by atoms with van der Waals surface area (Å²) in [4.78, 5) is 0. The molecule has 0 saturated carbocycles. The highest BCUT2D eigenvalue weighted by Gasteiger charge is 2.17. The lowest BCUT2D eigenvalue weighted by Gasteiger charge is -2.04. The molecule has 1 N–H and O–H groups in total. The van der Waals surface area contributed by atoms with Crippen LogP contribution in [0, 0.1) is 0 Å². The highest BCUT2D eigenvalue weighted by molar-refractivity contribution is 5.06. The van der Waals surface area contributed by atoms with Crippen molar-refractivity contribution < 1.29 is 0 Å². The summed E-state index contributed by atoms with van der Waals surface area (Å²) < 4.78 is 1.86. The van der Waals surface area contributed by atoms with Crippen LogP contribution in [0.1, 0.15) is 24.6 Å². The summed E-state index contributed by atoms with van der Waals surface area (Å²) in [6.07, 6.45) is 4.51. The zero-order valence-electron chi connectivity index (χ0n) is 6.75. The normalized spacial score (nSPS) is 24.3. The minimum absolute atomic E-state index is 0.510. The molecular formula is C8H13N3. The molecule has 0 aromatic carbocycles. The quantitative estimate of drug-likeness (QED) is 0.644. The Labute approximate surface area is 66.4 Å². The predicted octanol–water partition coefficient (Wildman–Crippen LogP) is 0.845. The molecular weight excluding hydrogens is 138 g/mol. The molecule has 0 radical (unpaired) electrons. The molecule has 1 aliphatic heterocycles. The van der Waals surface area contributed by atoms with Gasteiger partial charge in [0.1, 0.15) is 0 Å². The number of rotatable bonds is 1. The van der Waals surface area contributed by atoms with E-state index in [9.17, 15) is 0 Å². The fraction of sp³-hybridized carbons (Fsp3) is 0.625. The molecule has 1 aromatic heterocycles. The monoisotopic (exact) mass is 151 g/mol. The smallest absolute Gasteiger partial charge is 0.0793 e. The molecule has 1 atom stereocenters. The summed E-state index contributed by atoms with van der Waals surface area (Å²) in [5.74, 6) is 0. The van der Waals surface area contributed by atoms with Gasteiger partial charge in [-0.1, -0.05) is 0 Å². The number of nitrogens with zero attached hydrogens (tertiary/aromatic N) is 2. The van der Waals surface area contributed by atoms with Crippen LogP contribution in [0.5, 0.6) is 0 Å². The van der Waals surface area contributed by atoms with Crippen molar-refractivity contribution in [2.75, 3.05) is 6.54 Å². The Hall–Kier alpha value is -0.830. The first-order valence-corrected chi connectivity index (χ1v) is 4.09. The predicted molar refractivity (Wildman–Crippen MR) is 43.2 cm³/mol. The first-order valence-electron chi connectivity index (χ1n) is 4.09. The maximum Gasteiger partial charge on any atom is 0.0793 e. The summed E-state index contributed by atoms with van der Waals surface area (Å²) in [5, 5.41) is 7.76. The van der Waals surface area contributed by atoms with Crippen molar-refractivity contribution in [1.82, 2.24) is 15.1 Å². The molecule has 1 saturated heterocycles. The molecule has 3 nitrogen and oxygen atoms in total. The van der Waals surface area contributed by atoms with Crippen LogP contribution in [0.4, 0.5) is 0 Å². The van der Waals surface area contributed by atoms with E-state index < -0.39 is 0 Å². The maximum atomic E-state index is 4.35. The van der Waals surface area contributed by atoms with Crippen LogP contribution in [-0.2, 0) is 7.05 Å². The lowest BCUT2D eigenvalue weighted by Crippen LogP contribution is -2.13. The van der Waals surface area contributed by atoms with Crippen LogP contribution in [0.15, 0.2) is 12.3 Å². The zero-order chi connectivity index (χ0) is 7.68. The first kappa shape index (κ1) is 6.85. The van der Waals surface area contributed by atoms with Crippen molar-refractivity contribution in [3.63, 3.8) is 0 Å². The van der Waals surface area contributed by atoms with Gasteiger partial charge >= 0.3 is 0 Å². The van der Waals surface area contributed by atoms with Gasteiger partial charge < -0.3 is 5.32 Å². The number of aryl methyl sites for hydroxylation is 1. The van der Waals surface area contributed by atoms with E-state index in [2.05, 4.69) is 16.5 Å². The van der Waals surface area contributed by atoms with E-state index in [0.29, 0.717) is 6.04 Å². The van der Waals surface area contributed by atoms with Gasteiger partial charge in [0.2, 0.25) is 0 Å². The third-order valence-electron chi connectivity index (χ3n) is 2.15. The Morgan fingerprint density at radius 2 is 2.64 bits per heavy atom. The number of aromatic nitrogens is 2.